The van der Waals surface area contributed by atoms with Crippen LogP contribution in [0.15, 0.2) is 48.5 Å². The van der Waals surface area contributed by atoms with Crippen LogP contribution in [0.3, 0.4) is 0 Å². The van der Waals surface area contributed by atoms with Crippen molar-refractivity contribution in [2.24, 2.45) is 0 Å². The molecule has 0 saturated heterocycles. The maximum absolute atomic E-state index is 13.7. The Morgan fingerprint density at radius 2 is 1.69 bits per heavy atom. The largest absolute Gasteiger partial charge is 0.486 e. The molecule has 0 fully saturated rings. The molecule has 0 aliphatic carbocycles. The Morgan fingerprint density at radius 3 is 2.33 bits per heavy atom. The SMILES string of the molecule is CCCNC(=O)C(CC)N(Cc1ccccc1)C(=O)CN(c1ccc2c(c1)OCCO2)S(=O)(=O)CC. The van der Waals surface area contributed by atoms with E-state index in [0.29, 0.717) is 43.4 Å². The Balaban J connectivity index is 1.95. The molecule has 1 aliphatic heterocycles. The summed E-state index contributed by atoms with van der Waals surface area (Å²) in [5.41, 5.74) is 1.15. The number of hydrogen-bond donors (Lipinski definition) is 1. The second-order valence-corrected chi connectivity index (χ2v) is 10.6. The van der Waals surface area contributed by atoms with E-state index in [0.717, 1.165) is 16.3 Å². The zero-order valence-electron chi connectivity index (χ0n) is 21.1. The number of sulfonamides is 1. The van der Waals surface area contributed by atoms with E-state index in [1.807, 2.05) is 44.2 Å². The van der Waals surface area contributed by atoms with Crippen LogP contribution in [0, 0.1) is 0 Å². The van der Waals surface area contributed by atoms with Crippen LogP contribution in [0.25, 0.3) is 0 Å². The van der Waals surface area contributed by atoms with Gasteiger partial charge in [-0.05, 0) is 37.5 Å². The first-order valence-corrected chi connectivity index (χ1v) is 13.9. The average molecular weight is 518 g/mol. The number of benzene rings is 2. The lowest BCUT2D eigenvalue weighted by molar-refractivity contribution is -0.140. The molecule has 2 aromatic carbocycles. The highest BCUT2D eigenvalue weighted by molar-refractivity contribution is 7.92. The van der Waals surface area contributed by atoms with Gasteiger partial charge in [0.15, 0.2) is 11.5 Å². The number of fused-ring (bicyclic) bond motifs is 1. The van der Waals surface area contributed by atoms with Crippen molar-refractivity contribution in [2.45, 2.75) is 46.2 Å². The number of hydrogen-bond acceptors (Lipinski definition) is 6. The molecule has 10 heteroatoms. The number of anilines is 1. The van der Waals surface area contributed by atoms with Crippen molar-refractivity contribution in [3.63, 3.8) is 0 Å². The van der Waals surface area contributed by atoms with Gasteiger partial charge in [0.05, 0.1) is 11.4 Å². The fraction of sp³-hybridized carbons (Fsp3) is 0.462. The lowest BCUT2D eigenvalue weighted by atomic mass is 10.1. The van der Waals surface area contributed by atoms with E-state index in [1.54, 1.807) is 18.2 Å². The van der Waals surface area contributed by atoms with Crippen LogP contribution in [0.4, 0.5) is 5.69 Å². The van der Waals surface area contributed by atoms with Gasteiger partial charge in [-0.1, -0.05) is 44.2 Å². The first kappa shape index (κ1) is 27.3. The van der Waals surface area contributed by atoms with Crippen LogP contribution >= 0.6 is 0 Å². The number of amides is 2. The van der Waals surface area contributed by atoms with Gasteiger partial charge in [-0.2, -0.15) is 0 Å². The number of nitrogens with one attached hydrogen (secondary N) is 1. The number of nitrogens with zero attached hydrogens (tertiary/aromatic N) is 2. The molecular formula is C26H35N3O6S. The van der Waals surface area contributed by atoms with E-state index >= 15 is 0 Å². The van der Waals surface area contributed by atoms with Crippen molar-refractivity contribution in [3.05, 3.63) is 54.1 Å². The molecule has 36 heavy (non-hydrogen) atoms. The molecule has 0 bridgehead atoms. The van der Waals surface area contributed by atoms with E-state index in [-0.39, 0.29) is 18.2 Å². The molecule has 9 nitrogen and oxygen atoms in total. The predicted octanol–water partition coefficient (Wildman–Crippen LogP) is 2.95. The minimum absolute atomic E-state index is 0.179. The van der Waals surface area contributed by atoms with Gasteiger partial charge in [-0.15, -0.1) is 0 Å². The van der Waals surface area contributed by atoms with Gasteiger partial charge in [0.2, 0.25) is 21.8 Å². The molecular weight excluding hydrogens is 482 g/mol. The summed E-state index contributed by atoms with van der Waals surface area (Å²) < 4.78 is 38.5. The van der Waals surface area contributed by atoms with E-state index in [2.05, 4.69) is 5.32 Å². The second-order valence-electron chi connectivity index (χ2n) is 8.46. The summed E-state index contributed by atoms with van der Waals surface area (Å²) in [6.45, 7) is 6.31. The van der Waals surface area contributed by atoms with Crippen LogP contribution in [-0.2, 0) is 26.2 Å². The Bertz CT molecular complexity index is 1140. The number of ether oxygens (including phenoxy) is 2. The molecule has 2 amide bonds. The van der Waals surface area contributed by atoms with Crippen molar-refractivity contribution >= 4 is 27.5 Å². The fourth-order valence-electron chi connectivity index (χ4n) is 3.97. The van der Waals surface area contributed by atoms with Crippen LogP contribution in [0.5, 0.6) is 11.5 Å². The zero-order valence-corrected chi connectivity index (χ0v) is 21.9. The molecule has 1 unspecified atom stereocenters. The van der Waals surface area contributed by atoms with E-state index < -0.39 is 28.5 Å². The van der Waals surface area contributed by atoms with Gasteiger partial charge in [0.25, 0.3) is 0 Å². The minimum atomic E-state index is -3.82. The smallest absolute Gasteiger partial charge is 0.244 e. The molecule has 1 aliphatic rings. The number of rotatable bonds is 12. The third-order valence-corrected chi connectivity index (χ3v) is 7.67. The zero-order chi connectivity index (χ0) is 26.1. The summed E-state index contributed by atoms with van der Waals surface area (Å²) in [6.07, 6.45) is 1.15. The summed E-state index contributed by atoms with van der Waals surface area (Å²) in [5, 5.41) is 2.87. The highest BCUT2D eigenvalue weighted by Crippen LogP contribution is 2.35. The van der Waals surface area contributed by atoms with Crippen molar-refractivity contribution in [1.29, 1.82) is 0 Å². The first-order chi connectivity index (χ1) is 17.3. The third-order valence-electron chi connectivity index (χ3n) is 5.92. The Hall–Kier alpha value is -3.27. The van der Waals surface area contributed by atoms with E-state index in [1.165, 1.54) is 11.8 Å². The van der Waals surface area contributed by atoms with Crippen molar-refractivity contribution < 1.29 is 27.5 Å². The molecule has 3 rings (SSSR count). The normalized spacial score (nSPS) is 13.5. The molecule has 1 N–H and O–H groups in total. The first-order valence-electron chi connectivity index (χ1n) is 12.3. The third kappa shape index (κ3) is 6.69. The molecule has 0 spiro atoms. The maximum Gasteiger partial charge on any atom is 0.244 e. The Morgan fingerprint density at radius 1 is 1.00 bits per heavy atom. The summed E-state index contributed by atoms with van der Waals surface area (Å²) in [7, 11) is -3.82. The molecule has 1 atom stereocenters. The van der Waals surface area contributed by atoms with Crippen molar-refractivity contribution in [1.82, 2.24) is 10.2 Å². The highest BCUT2D eigenvalue weighted by Gasteiger charge is 2.32. The molecule has 2 aromatic rings. The molecule has 1 heterocycles. The maximum atomic E-state index is 13.7. The van der Waals surface area contributed by atoms with Crippen LogP contribution in [0.2, 0.25) is 0 Å². The van der Waals surface area contributed by atoms with Gasteiger partial charge < -0.3 is 19.7 Å². The number of carbonyl (C=O) groups is 2. The fourth-order valence-corrected chi connectivity index (χ4v) is 5.03. The summed E-state index contributed by atoms with van der Waals surface area (Å²) in [6, 6.07) is 13.4. The monoisotopic (exact) mass is 517 g/mol. The van der Waals surface area contributed by atoms with Gasteiger partial charge >= 0.3 is 0 Å². The van der Waals surface area contributed by atoms with Gasteiger partial charge in [-0.25, -0.2) is 8.42 Å². The van der Waals surface area contributed by atoms with Crippen LogP contribution in [0.1, 0.15) is 39.2 Å². The quantitative estimate of drug-likeness (QED) is 0.464. The molecule has 0 radical (unpaired) electrons. The van der Waals surface area contributed by atoms with E-state index in [9.17, 15) is 18.0 Å². The lowest BCUT2D eigenvalue weighted by Crippen LogP contribution is -2.52. The lowest BCUT2D eigenvalue weighted by Gasteiger charge is -2.33. The van der Waals surface area contributed by atoms with Gasteiger partial charge in [0.1, 0.15) is 25.8 Å². The topological polar surface area (TPSA) is 105 Å². The van der Waals surface area contributed by atoms with E-state index in [4.69, 9.17) is 9.47 Å². The second kappa shape index (κ2) is 12.6. The molecule has 196 valence electrons. The predicted molar refractivity (Wildman–Crippen MR) is 139 cm³/mol. The van der Waals surface area contributed by atoms with Gasteiger partial charge in [-0.3, -0.25) is 13.9 Å². The van der Waals surface area contributed by atoms with Crippen LogP contribution in [-0.4, -0.2) is 63.2 Å². The van der Waals surface area contributed by atoms with Crippen molar-refractivity contribution in [3.8, 4) is 11.5 Å². The minimum Gasteiger partial charge on any atom is -0.486 e. The Labute approximate surface area is 213 Å². The number of carbonyl (C=O) groups excluding carboxylic acids is 2. The molecule has 0 aromatic heterocycles. The van der Waals surface area contributed by atoms with Crippen LogP contribution < -0.4 is 19.1 Å². The standard InChI is InChI=1S/C26H35N3O6S/c1-4-14-27-26(31)22(5-2)28(18-20-10-8-7-9-11-20)25(30)19-29(36(32,33)6-3)21-12-13-23-24(17-21)35-16-15-34-23/h7-13,17,22H,4-6,14-16,18-19H2,1-3H3,(H,27,31). The highest BCUT2D eigenvalue weighted by atomic mass is 32.2. The average Bonchev–Trinajstić information content (AvgIpc) is 2.90. The summed E-state index contributed by atoms with van der Waals surface area (Å²) in [5.74, 6) is 0.0300. The summed E-state index contributed by atoms with van der Waals surface area (Å²) >= 11 is 0. The van der Waals surface area contributed by atoms with Crippen molar-refractivity contribution in [2.75, 3.05) is 36.4 Å². The Kier molecular flexibility index (Phi) is 9.58. The summed E-state index contributed by atoms with van der Waals surface area (Å²) in [4.78, 5) is 28.2. The molecule has 0 saturated carbocycles. The van der Waals surface area contributed by atoms with Gasteiger partial charge in [0, 0.05) is 19.2 Å².